The summed E-state index contributed by atoms with van der Waals surface area (Å²) in [6, 6.07) is 3.55. The number of unbranched alkanes of at least 4 members (excludes halogenated alkanes) is 2. The number of benzene rings is 1. The standard InChI is InChI=1S/C30H45N3O10Si/c1-44(2,3)43-21-20-42-19-18-41-17-16-40-15-14-39-13-6-4-5-10-25(34)31-23-9-7-8-22-27(23)30(38)33(29(22)37)24-11-12-26(35)32-28(24)36/h7-9,24H,4-6,10-21H2,1-3H3,(H,31,34)(H,32,35,36). The van der Waals surface area contributed by atoms with Gasteiger partial charge in [-0.3, -0.25) is 34.2 Å². The molecule has 5 amide bonds. The Labute approximate surface area is 259 Å². The molecule has 1 unspecified atom stereocenters. The SMILES string of the molecule is C[Si](C)(C)OCCOCCOCCOCCOCCCCCC(=O)Nc1cccc2c1C(=O)N(C1CCC(=O)NC1=O)C2=O. The van der Waals surface area contributed by atoms with E-state index in [1.54, 1.807) is 12.1 Å². The van der Waals surface area contributed by atoms with Crippen molar-refractivity contribution in [2.75, 3.05) is 64.8 Å². The van der Waals surface area contributed by atoms with Crippen LogP contribution in [0.2, 0.25) is 19.6 Å². The van der Waals surface area contributed by atoms with Crippen LogP contribution in [-0.2, 0) is 37.8 Å². The van der Waals surface area contributed by atoms with Gasteiger partial charge in [0.2, 0.25) is 17.7 Å². The van der Waals surface area contributed by atoms with Gasteiger partial charge in [0.25, 0.3) is 11.8 Å². The highest BCUT2D eigenvalue weighted by molar-refractivity contribution is 6.69. The molecule has 1 fully saturated rings. The minimum Gasteiger partial charge on any atom is -0.415 e. The molecule has 0 aliphatic carbocycles. The molecule has 2 heterocycles. The van der Waals surface area contributed by atoms with Gasteiger partial charge in [-0.05, 0) is 51.0 Å². The fraction of sp³-hybridized carbons (Fsp3) is 0.633. The van der Waals surface area contributed by atoms with Crippen LogP contribution in [0, 0.1) is 0 Å². The lowest BCUT2D eigenvalue weighted by Crippen LogP contribution is -2.54. The second kappa shape index (κ2) is 18.1. The number of piperidine rings is 1. The van der Waals surface area contributed by atoms with E-state index in [0.717, 1.165) is 17.7 Å². The fourth-order valence-corrected chi connectivity index (χ4v) is 5.36. The average Bonchev–Trinajstić information content (AvgIpc) is 3.22. The van der Waals surface area contributed by atoms with Gasteiger partial charge in [-0.15, -0.1) is 0 Å². The van der Waals surface area contributed by atoms with Crippen molar-refractivity contribution in [2.45, 2.75) is 64.2 Å². The molecule has 0 aromatic heterocycles. The normalized spacial score (nSPS) is 16.8. The van der Waals surface area contributed by atoms with Crippen molar-refractivity contribution in [3.63, 3.8) is 0 Å². The fourth-order valence-electron chi connectivity index (χ4n) is 4.67. The number of rotatable bonds is 21. The molecule has 2 aliphatic rings. The van der Waals surface area contributed by atoms with Crippen LogP contribution in [0.15, 0.2) is 18.2 Å². The van der Waals surface area contributed by atoms with Crippen molar-refractivity contribution >= 4 is 43.5 Å². The smallest absolute Gasteiger partial charge is 0.264 e. The Hall–Kier alpha value is -3.01. The molecule has 0 radical (unpaired) electrons. The van der Waals surface area contributed by atoms with Crippen LogP contribution in [0.4, 0.5) is 5.69 Å². The van der Waals surface area contributed by atoms with Crippen LogP contribution in [0.1, 0.15) is 59.2 Å². The van der Waals surface area contributed by atoms with E-state index in [2.05, 4.69) is 30.3 Å². The molecule has 13 nitrogen and oxygen atoms in total. The molecule has 14 heteroatoms. The third-order valence-electron chi connectivity index (χ3n) is 6.81. The van der Waals surface area contributed by atoms with E-state index in [1.165, 1.54) is 6.07 Å². The van der Waals surface area contributed by atoms with E-state index in [9.17, 15) is 24.0 Å². The maximum absolute atomic E-state index is 13.1. The zero-order valence-electron chi connectivity index (χ0n) is 25.9. The molecule has 2 N–H and O–H groups in total. The number of hydrogen-bond acceptors (Lipinski definition) is 10. The molecule has 3 rings (SSSR count). The molecular weight excluding hydrogens is 590 g/mol. The van der Waals surface area contributed by atoms with Gasteiger partial charge in [-0.2, -0.15) is 0 Å². The lowest BCUT2D eigenvalue weighted by Gasteiger charge is -2.27. The van der Waals surface area contributed by atoms with Gasteiger partial charge in [0.1, 0.15) is 6.04 Å². The number of fused-ring (bicyclic) bond motifs is 1. The topological polar surface area (TPSA) is 159 Å². The number of hydrogen-bond donors (Lipinski definition) is 2. The Morgan fingerprint density at radius 2 is 1.45 bits per heavy atom. The summed E-state index contributed by atoms with van der Waals surface area (Å²) in [4.78, 5) is 63.3. The van der Waals surface area contributed by atoms with Crippen LogP contribution in [0.5, 0.6) is 0 Å². The summed E-state index contributed by atoms with van der Waals surface area (Å²) in [7, 11) is -1.48. The molecule has 1 aromatic rings. The first kappa shape index (κ1) is 35.5. The van der Waals surface area contributed by atoms with Gasteiger partial charge < -0.3 is 28.7 Å². The average molecular weight is 636 g/mol. The van der Waals surface area contributed by atoms with E-state index >= 15 is 0 Å². The molecule has 0 saturated carbocycles. The number of amides is 5. The van der Waals surface area contributed by atoms with Crippen LogP contribution >= 0.6 is 0 Å². The summed E-state index contributed by atoms with van der Waals surface area (Å²) in [5, 5.41) is 4.90. The molecular formula is C30H45N3O10Si. The summed E-state index contributed by atoms with van der Waals surface area (Å²) in [5.41, 5.74) is 0.409. The monoisotopic (exact) mass is 635 g/mol. The van der Waals surface area contributed by atoms with Crippen LogP contribution < -0.4 is 10.6 Å². The van der Waals surface area contributed by atoms with E-state index in [4.69, 9.17) is 23.4 Å². The molecule has 44 heavy (non-hydrogen) atoms. The summed E-state index contributed by atoms with van der Waals surface area (Å²) < 4.78 is 27.7. The van der Waals surface area contributed by atoms with Crippen molar-refractivity contribution in [2.24, 2.45) is 0 Å². The predicted octanol–water partition coefficient (Wildman–Crippen LogP) is 2.50. The quantitative estimate of drug-likeness (QED) is 0.117. The second-order valence-corrected chi connectivity index (χ2v) is 16.0. The van der Waals surface area contributed by atoms with E-state index < -0.39 is 38.0 Å². The van der Waals surface area contributed by atoms with Gasteiger partial charge >= 0.3 is 0 Å². The first-order chi connectivity index (χ1) is 21.1. The highest BCUT2D eigenvalue weighted by Gasteiger charge is 2.45. The zero-order valence-corrected chi connectivity index (χ0v) is 26.9. The third kappa shape index (κ3) is 11.5. The van der Waals surface area contributed by atoms with Gasteiger partial charge in [-0.25, -0.2) is 0 Å². The number of carbonyl (C=O) groups excluding carboxylic acids is 5. The number of carbonyl (C=O) groups is 5. The Morgan fingerprint density at radius 1 is 0.841 bits per heavy atom. The van der Waals surface area contributed by atoms with Crippen molar-refractivity contribution in [3.05, 3.63) is 29.3 Å². The molecule has 244 valence electrons. The van der Waals surface area contributed by atoms with Gasteiger partial charge in [0.05, 0.1) is 69.7 Å². The molecule has 2 aliphatic heterocycles. The van der Waals surface area contributed by atoms with Gasteiger partial charge in [0, 0.05) is 19.4 Å². The highest BCUT2D eigenvalue weighted by atomic mass is 28.4. The Balaban J connectivity index is 1.21. The van der Waals surface area contributed by atoms with Crippen LogP contribution in [0.25, 0.3) is 0 Å². The van der Waals surface area contributed by atoms with Crippen molar-refractivity contribution in [1.29, 1.82) is 0 Å². The number of nitrogens with one attached hydrogen (secondary N) is 2. The maximum atomic E-state index is 13.1. The predicted molar refractivity (Wildman–Crippen MR) is 163 cm³/mol. The second-order valence-electron chi connectivity index (χ2n) is 11.4. The highest BCUT2D eigenvalue weighted by Crippen LogP contribution is 2.32. The molecule has 1 saturated heterocycles. The van der Waals surface area contributed by atoms with Crippen molar-refractivity contribution < 1.29 is 47.3 Å². The number of imide groups is 2. The van der Waals surface area contributed by atoms with E-state index in [0.29, 0.717) is 65.9 Å². The lowest BCUT2D eigenvalue weighted by molar-refractivity contribution is -0.136. The first-order valence-electron chi connectivity index (χ1n) is 15.2. The van der Waals surface area contributed by atoms with Gasteiger partial charge in [-0.1, -0.05) is 12.5 Å². The molecule has 1 aromatic carbocycles. The summed E-state index contributed by atoms with van der Waals surface area (Å²) in [5.74, 6) is -2.68. The zero-order chi connectivity index (χ0) is 32.0. The lowest BCUT2D eigenvalue weighted by atomic mass is 10.0. The van der Waals surface area contributed by atoms with Crippen LogP contribution in [0.3, 0.4) is 0 Å². The largest absolute Gasteiger partial charge is 0.415 e. The minimum atomic E-state index is -1.48. The molecule has 0 bridgehead atoms. The third-order valence-corrected chi connectivity index (χ3v) is 7.88. The summed E-state index contributed by atoms with van der Waals surface area (Å²) in [6.45, 7) is 11.1. The van der Waals surface area contributed by atoms with Crippen molar-refractivity contribution in [1.82, 2.24) is 10.2 Å². The first-order valence-corrected chi connectivity index (χ1v) is 18.6. The number of nitrogens with zero attached hydrogens (tertiary/aromatic N) is 1. The summed E-state index contributed by atoms with van der Waals surface area (Å²) in [6.07, 6.45) is 2.53. The summed E-state index contributed by atoms with van der Waals surface area (Å²) >= 11 is 0. The Kier molecular flexibility index (Phi) is 14.6. The minimum absolute atomic E-state index is 0.0363. The maximum Gasteiger partial charge on any atom is 0.264 e. The number of anilines is 1. The Morgan fingerprint density at radius 3 is 2.07 bits per heavy atom. The van der Waals surface area contributed by atoms with Crippen molar-refractivity contribution in [3.8, 4) is 0 Å². The molecule has 1 atom stereocenters. The molecule has 0 spiro atoms. The van der Waals surface area contributed by atoms with Gasteiger partial charge in [0.15, 0.2) is 8.32 Å². The van der Waals surface area contributed by atoms with E-state index in [1.807, 2.05) is 0 Å². The van der Waals surface area contributed by atoms with E-state index in [-0.39, 0.29) is 42.0 Å². The Bertz CT molecular complexity index is 1160. The van der Waals surface area contributed by atoms with Crippen LogP contribution in [-0.4, -0.2) is 108 Å². The number of ether oxygens (including phenoxy) is 4.